The standard InChI is InChI=1S/C16H22N4/c1-3-14-13(5-8-17)15(4-2)20-16(19-14)11-12-6-9-18-10-7-12/h6-7,9-10H,3-5,8,11,17H2,1-2H3. The first-order chi connectivity index (χ1) is 9.78. The zero-order valence-corrected chi connectivity index (χ0v) is 12.3. The van der Waals surface area contributed by atoms with Gasteiger partial charge in [-0.15, -0.1) is 0 Å². The van der Waals surface area contributed by atoms with Crippen LogP contribution in [0.25, 0.3) is 0 Å². The normalized spacial score (nSPS) is 10.8. The van der Waals surface area contributed by atoms with Crippen LogP contribution in [-0.4, -0.2) is 21.5 Å². The summed E-state index contributed by atoms with van der Waals surface area (Å²) in [5, 5.41) is 0. The molecule has 0 bridgehead atoms. The van der Waals surface area contributed by atoms with Crippen molar-refractivity contribution in [1.82, 2.24) is 15.0 Å². The molecule has 0 fully saturated rings. The third kappa shape index (κ3) is 3.39. The molecule has 0 saturated heterocycles. The van der Waals surface area contributed by atoms with Crippen molar-refractivity contribution in [3.63, 3.8) is 0 Å². The van der Waals surface area contributed by atoms with Crippen LogP contribution in [0, 0.1) is 0 Å². The molecule has 106 valence electrons. The van der Waals surface area contributed by atoms with Crippen LogP contribution in [0.15, 0.2) is 24.5 Å². The molecule has 0 aliphatic heterocycles. The van der Waals surface area contributed by atoms with E-state index in [0.29, 0.717) is 6.54 Å². The van der Waals surface area contributed by atoms with Gasteiger partial charge in [-0.3, -0.25) is 4.98 Å². The van der Waals surface area contributed by atoms with Gasteiger partial charge in [-0.1, -0.05) is 13.8 Å². The molecule has 2 rings (SSSR count). The van der Waals surface area contributed by atoms with Crippen molar-refractivity contribution in [1.29, 1.82) is 0 Å². The third-order valence-corrected chi connectivity index (χ3v) is 3.40. The number of aryl methyl sites for hydroxylation is 2. The maximum Gasteiger partial charge on any atom is 0.133 e. The molecule has 20 heavy (non-hydrogen) atoms. The number of pyridine rings is 1. The third-order valence-electron chi connectivity index (χ3n) is 3.40. The predicted molar refractivity (Wildman–Crippen MR) is 80.6 cm³/mol. The number of hydrogen-bond donors (Lipinski definition) is 1. The monoisotopic (exact) mass is 270 g/mol. The van der Waals surface area contributed by atoms with E-state index in [9.17, 15) is 0 Å². The second-order valence-electron chi connectivity index (χ2n) is 4.79. The van der Waals surface area contributed by atoms with Crippen LogP contribution in [0.3, 0.4) is 0 Å². The van der Waals surface area contributed by atoms with Crippen molar-refractivity contribution in [2.75, 3.05) is 6.54 Å². The van der Waals surface area contributed by atoms with Gasteiger partial charge in [0.05, 0.1) is 0 Å². The molecule has 4 nitrogen and oxygen atoms in total. The van der Waals surface area contributed by atoms with Crippen molar-refractivity contribution in [2.45, 2.75) is 39.5 Å². The van der Waals surface area contributed by atoms with Gasteiger partial charge in [0.2, 0.25) is 0 Å². The molecule has 0 unspecified atom stereocenters. The molecule has 0 amide bonds. The van der Waals surface area contributed by atoms with Gasteiger partial charge in [0.25, 0.3) is 0 Å². The zero-order chi connectivity index (χ0) is 14.4. The molecule has 2 aromatic heterocycles. The number of nitrogens with two attached hydrogens (primary N) is 1. The summed E-state index contributed by atoms with van der Waals surface area (Å²) in [4.78, 5) is 13.5. The Kier molecular flexibility index (Phi) is 5.18. The lowest BCUT2D eigenvalue weighted by Crippen LogP contribution is -2.13. The van der Waals surface area contributed by atoms with Crippen LogP contribution < -0.4 is 5.73 Å². The number of nitrogens with zero attached hydrogens (tertiary/aromatic N) is 3. The van der Waals surface area contributed by atoms with E-state index in [0.717, 1.165) is 42.9 Å². The summed E-state index contributed by atoms with van der Waals surface area (Å²) in [5.41, 5.74) is 10.4. The van der Waals surface area contributed by atoms with Crippen LogP contribution in [-0.2, 0) is 25.7 Å². The zero-order valence-electron chi connectivity index (χ0n) is 12.3. The van der Waals surface area contributed by atoms with Crippen molar-refractivity contribution >= 4 is 0 Å². The van der Waals surface area contributed by atoms with E-state index in [4.69, 9.17) is 15.7 Å². The number of rotatable bonds is 6. The lowest BCUT2D eigenvalue weighted by molar-refractivity contribution is 0.802. The Hall–Kier alpha value is -1.81. The fourth-order valence-corrected chi connectivity index (χ4v) is 2.42. The highest BCUT2D eigenvalue weighted by atomic mass is 14.9. The van der Waals surface area contributed by atoms with Gasteiger partial charge >= 0.3 is 0 Å². The SMILES string of the molecule is CCc1nc(Cc2ccncc2)nc(CC)c1CCN. The maximum absolute atomic E-state index is 5.71. The molecule has 0 atom stereocenters. The Balaban J connectivity index is 2.35. The Morgan fingerprint density at radius 3 is 2.10 bits per heavy atom. The Bertz CT molecular complexity index is 527. The second kappa shape index (κ2) is 7.10. The summed E-state index contributed by atoms with van der Waals surface area (Å²) >= 11 is 0. The first-order valence-corrected chi connectivity index (χ1v) is 7.25. The van der Waals surface area contributed by atoms with Gasteiger partial charge in [0, 0.05) is 30.2 Å². The molecule has 2 N–H and O–H groups in total. The summed E-state index contributed by atoms with van der Waals surface area (Å²) in [7, 11) is 0. The van der Waals surface area contributed by atoms with Gasteiger partial charge in [-0.05, 0) is 49.1 Å². The topological polar surface area (TPSA) is 64.7 Å². The van der Waals surface area contributed by atoms with E-state index in [-0.39, 0.29) is 0 Å². The second-order valence-corrected chi connectivity index (χ2v) is 4.79. The molecule has 0 aliphatic carbocycles. The first kappa shape index (κ1) is 14.6. The summed E-state index contributed by atoms with van der Waals surface area (Å²) in [6, 6.07) is 4.02. The molecule has 0 spiro atoms. The number of hydrogen-bond acceptors (Lipinski definition) is 4. The Labute approximate surface area is 120 Å². The van der Waals surface area contributed by atoms with E-state index in [2.05, 4.69) is 18.8 Å². The van der Waals surface area contributed by atoms with E-state index >= 15 is 0 Å². The quantitative estimate of drug-likeness (QED) is 0.873. The van der Waals surface area contributed by atoms with Crippen LogP contribution in [0.1, 0.15) is 42.2 Å². The summed E-state index contributed by atoms with van der Waals surface area (Å²) in [5.74, 6) is 0.894. The van der Waals surface area contributed by atoms with Crippen LogP contribution >= 0.6 is 0 Å². The van der Waals surface area contributed by atoms with Crippen molar-refractivity contribution in [3.8, 4) is 0 Å². The molecule has 0 saturated carbocycles. The van der Waals surface area contributed by atoms with Gasteiger partial charge < -0.3 is 5.73 Å². The molecule has 2 heterocycles. The fourth-order valence-electron chi connectivity index (χ4n) is 2.42. The Morgan fingerprint density at radius 1 is 1.00 bits per heavy atom. The molecule has 0 radical (unpaired) electrons. The van der Waals surface area contributed by atoms with Crippen molar-refractivity contribution in [2.24, 2.45) is 5.73 Å². The smallest absolute Gasteiger partial charge is 0.133 e. The average Bonchev–Trinajstić information content (AvgIpc) is 2.49. The lowest BCUT2D eigenvalue weighted by atomic mass is 10.0. The minimum atomic E-state index is 0.646. The minimum Gasteiger partial charge on any atom is -0.330 e. The highest BCUT2D eigenvalue weighted by molar-refractivity contribution is 5.28. The van der Waals surface area contributed by atoms with Gasteiger partial charge in [0.15, 0.2) is 0 Å². The van der Waals surface area contributed by atoms with E-state index < -0.39 is 0 Å². The minimum absolute atomic E-state index is 0.646. The fraction of sp³-hybridized carbons (Fsp3) is 0.438. The molecule has 4 heteroatoms. The molecule has 0 aromatic carbocycles. The molecular formula is C16H22N4. The molecule has 0 aliphatic rings. The average molecular weight is 270 g/mol. The Morgan fingerprint density at radius 2 is 1.60 bits per heavy atom. The molecule has 2 aromatic rings. The van der Waals surface area contributed by atoms with Crippen molar-refractivity contribution < 1.29 is 0 Å². The van der Waals surface area contributed by atoms with Crippen LogP contribution in [0.4, 0.5) is 0 Å². The van der Waals surface area contributed by atoms with Gasteiger partial charge in [-0.25, -0.2) is 9.97 Å². The van der Waals surface area contributed by atoms with E-state index in [1.165, 1.54) is 11.1 Å². The van der Waals surface area contributed by atoms with Crippen LogP contribution in [0.5, 0.6) is 0 Å². The highest BCUT2D eigenvalue weighted by Gasteiger charge is 2.12. The van der Waals surface area contributed by atoms with E-state index in [1.807, 2.05) is 12.1 Å². The van der Waals surface area contributed by atoms with Crippen molar-refractivity contribution in [3.05, 3.63) is 52.9 Å². The van der Waals surface area contributed by atoms with Gasteiger partial charge in [0.1, 0.15) is 5.82 Å². The largest absolute Gasteiger partial charge is 0.330 e. The van der Waals surface area contributed by atoms with E-state index in [1.54, 1.807) is 12.4 Å². The maximum atomic E-state index is 5.71. The van der Waals surface area contributed by atoms with Gasteiger partial charge in [-0.2, -0.15) is 0 Å². The summed E-state index contributed by atoms with van der Waals surface area (Å²) in [6.07, 6.45) is 7.08. The van der Waals surface area contributed by atoms with Crippen LogP contribution in [0.2, 0.25) is 0 Å². The summed E-state index contributed by atoms with van der Waals surface area (Å²) < 4.78 is 0. The first-order valence-electron chi connectivity index (χ1n) is 7.25. The lowest BCUT2D eigenvalue weighted by Gasteiger charge is -2.13. The molecular weight excluding hydrogens is 248 g/mol. The number of aromatic nitrogens is 3. The highest BCUT2D eigenvalue weighted by Crippen LogP contribution is 2.15. The summed E-state index contributed by atoms with van der Waals surface area (Å²) in [6.45, 7) is 4.92. The predicted octanol–water partition coefficient (Wildman–Crippen LogP) is 2.09.